The second kappa shape index (κ2) is 3.86. The summed E-state index contributed by atoms with van der Waals surface area (Å²) in [7, 11) is 1.65. The maximum Gasteiger partial charge on any atom is 0.237 e. The number of pyridine rings is 1. The van der Waals surface area contributed by atoms with Gasteiger partial charge in [-0.25, -0.2) is 4.98 Å². The fourth-order valence-electron chi connectivity index (χ4n) is 1.62. The van der Waals surface area contributed by atoms with E-state index in [-0.39, 0.29) is 0 Å². The van der Waals surface area contributed by atoms with Crippen LogP contribution in [0, 0.1) is 5.92 Å². The molecule has 3 nitrogen and oxygen atoms in total. The zero-order valence-electron chi connectivity index (χ0n) is 8.66. The average molecular weight is 192 g/mol. The largest absolute Gasteiger partial charge is 0.480 e. The first-order chi connectivity index (χ1) is 6.81. The van der Waals surface area contributed by atoms with Gasteiger partial charge in [0.1, 0.15) is 0 Å². The Morgan fingerprint density at radius 3 is 3.00 bits per heavy atom. The molecule has 76 valence electrons. The van der Waals surface area contributed by atoms with Crippen molar-refractivity contribution < 1.29 is 4.74 Å². The monoisotopic (exact) mass is 192 g/mol. The van der Waals surface area contributed by atoms with E-state index in [1.54, 1.807) is 13.3 Å². The van der Waals surface area contributed by atoms with Crippen molar-refractivity contribution in [3.05, 3.63) is 18.3 Å². The van der Waals surface area contributed by atoms with Crippen molar-refractivity contribution in [2.75, 3.05) is 12.4 Å². The van der Waals surface area contributed by atoms with Crippen molar-refractivity contribution in [1.29, 1.82) is 0 Å². The van der Waals surface area contributed by atoms with Gasteiger partial charge >= 0.3 is 0 Å². The second-order valence-corrected chi connectivity index (χ2v) is 3.83. The van der Waals surface area contributed by atoms with E-state index in [9.17, 15) is 0 Å². The minimum atomic E-state index is 0.521. The van der Waals surface area contributed by atoms with Crippen molar-refractivity contribution in [1.82, 2.24) is 4.98 Å². The molecule has 2 rings (SSSR count). The van der Waals surface area contributed by atoms with Crippen LogP contribution in [0.25, 0.3) is 0 Å². The fraction of sp³-hybridized carbons (Fsp3) is 0.545. The van der Waals surface area contributed by atoms with Crippen LogP contribution in [0.1, 0.15) is 19.8 Å². The molecule has 3 heteroatoms. The SMILES string of the molecule is COc1ncccc1N[C@H](C)C1CC1. The molecule has 1 fully saturated rings. The third-order valence-electron chi connectivity index (χ3n) is 2.68. The number of nitrogens with zero attached hydrogens (tertiary/aromatic N) is 1. The Bertz CT molecular complexity index is 310. The zero-order valence-corrected chi connectivity index (χ0v) is 8.66. The molecule has 14 heavy (non-hydrogen) atoms. The number of rotatable bonds is 4. The third kappa shape index (κ3) is 1.97. The van der Waals surface area contributed by atoms with Crippen LogP contribution < -0.4 is 10.1 Å². The van der Waals surface area contributed by atoms with Gasteiger partial charge in [0.05, 0.1) is 12.8 Å². The van der Waals surface area contributed by atoms with E-state index in [1.165, 1.54) is 12.8 Å². The van der Waals surface area contributed by atoms with Crippen LogP contribution in [0.5, 0.6) is 5.88 Å². The lowest BCUT2D eigenvalue weighted by Crippen LogP contribution is -2.17. The van der Waals surface area contributed by atoms with Gasteiger partial charge in [-0.15, -0.1) is 0 Å². The van der Waals surface area contributed by atoms with E-state index in [1.807, 2.05) is 12.1 Å². The molecular formula is C11H16N2O. The predicted octanol–water partition coefficient (Wildman–Crippen LogP) is 2.30. The molecule has 0 aliphatic heterocycles. The molecule has 1 aliphatic carbocycles. The summed E-state index contributed by atoms with van der Waals surface area (Å²) < 4.78 is 5.17. The molecule has 0 spiro atoms. The highest BCUT2D eigenvalue weighted by Crippen LogP contribution is 2.35. The number of anilines is 1. The first-order valence-electron chi connectivity index (χ1n) is 5.07. The van der Waals surface area contributed by atoms with Crippen molar-refractivity contribution in [2.24, 2.45) is 5.92 Å². The number of methoxy groups -OCH3 is 1. The van der Waals surface area contributed by atoms with Gasteiger partial charge in [-0.3, -0.25) is 0 Å². The molecule has 0 bridgehead atoms. The van der Waals surface area contributed by atoms with Crippen molar-refractivity contribution in [3.8, 4) is 5.88 Å². The molecule has 0 unspecified atom stereocenters. The summed E-state index contributed by atoms with van der Waals surface area (Å²) in [5.41, 5.74) is 0.995. The topological polar surface area (TPSA) is 34.1 Å². The van der Waals surface area contributed by atoms with E-state index < -0.39 is 0 Å². The summed E-state index contributed by atoms with van der Waals surface area (Å²) in [6, 6.07) is 4.45. The quantitative estimate of drug-likeness (QED) is 0.794. The van der Waals surface area contributed by atoms with E-state index in [0.717, 1.165) is 11.6 Å². The van der Waals surface area contributed by atoms with Gasteiger partial charge in [0.25, 0.3) is 0 Å². The van der Waals surface area contributed by atoms with Gasteiger partial charge in [-0.05, 0) is 37.8 Å². The second-order valence-electron chi connectivity index (χ2n) is 3.83. The van der Waals surface area contributed by atoms with Crippen LogP contribution in [-0.2, 0) is 0 Å². The van der Waals surface area contributed by atoms with Crippen LogP contribution in [0.15, 0.2) is 18.3 Å². The molecule has 1 N–H and O–H groups in total. The number of ether oxygens (including phenoxy) is 1. The van der Waals surface area contributed by atoms with Gasteiger partial charge in [0.2, 0.25) is 5.88 Å². The summed E-state index contributed by atoms with van der Waals surface area (Å²) in [4.78, 5) is 4.15. The van der Waals surface area contributed by atoms with Crippen molar-refractivity contribution in [2.45, 2.75) is 25.8 Å². The Balaban J connectivity index is 2.06. The Morgan fingerprint density at radius 1 is 1.57 bits per heavy atom. The minimum Gasteiger partial charge on any atom is -0.480 e. The van der Waals surface area contributed by atoms with Crippen LogP contribution >= 0.6 is 0 Å². The maximum atomic E-state index is 5.17. The van der Waals surface area contributed by atoms with Gasteiger partial charge in [-0.2, -0.15) is 0 Å². The standard InChI is InChI=1S/C11H16N2O/c1-8(9-5-6-9)13-10-4-3-7-12-11(10)14-2/h3-4,7-9,13H,5-6H2,1-2H3/t8-/m1/s1. The summed E-state index contributed by atoms with van der Waals surface area (Å²) in [6.07, 6.45) is 4.43. The summed E-state index contributed by atoms with van der Waals surface area (Å²) >= 11 is 0. The highest BCUT2D eigenvalue weighted by Gasteiger charge is 2.28. The molecule has 1 aromatic heterocycles. The Hall–Kier alpha value is -1.25. The predicted molar refractivity (Wildman–Crippen MR) is 56.6 cm³/mol. The lowest BCUT2D eigenvalue weighted by atomic mass is 10.2. The maximum absolute atomic E-state index is 5.17. The van der Waals surface area contributed by atoms with Crippen LogP contribution in [0.4, 0.5) is 5.69 Å². The first kappa shape index (κ1) is 9.31. The lowest BCUT2D eigenvalue weighted by Gasteiger charge is -2.15. The highest BCUT2D eigenvalue weighted by molar-refractivity contribution is 5.52. The first-order valence-corrected chi connectivity index (χ1v) is 5.07. The molecular weight excluding hydrogens is 176 g/mol. The molecule has 1 aliphatic rings. The van der Waals surface area contributed by atoms with Crippen LogP contribution in [0.2, 0.25) is 0 Å². The normalized spacial score (nSPS) is 17.6. The Labute approximate surface area is 84.5 Å². The fourth-order valence-corrected chi connectivity index (χ4v) is 1.62. The minimum absolute atomic E-state index is 0.521. The van der Waals surface area contributed by atoms with E-state index in [4.69, 9.17) is 4.74 Å². The number of hydrogen-bond donors (Lipinski definition) is 1. The highest BCUT2D eigenvalue weighted by atomic mass is 16.5. The molecule has 0 saturated heterocycles. The van der Waals surface area contributed by atoms with Gasteiger partial charge in [0.15, 0.2) is 0 Å². The molecule has 1 aromatic rings. The lowest BCUT2D eigenvalue weighted by molar-refractivity contribution is 0.399. The number of hydrogen-bond acceptors (Lipinski definition) is 3. The smallest absolute Gasteiger partial charge is 0.237 e. The van der Waals surface area contributed by atoms with E-state index in [0.29, 0.717) is 11.9 Å². The zero-order chi connectivity index (χ0) is 9.97. The summed E-state index contributed by atoms with van der Waals surface area (Å²) in [5, 5.41) is 3.44. The van der Waals surface area contributed by atoms with Crippen LogP contribution in [0.3, 0.4) is 0 Å². The van der Waals surface area contributed by atoms with Crippen molar-refractivity contribution >= 4 is 5.69 Å². The number of nitrogens with one attached hydrogen (secondary N) is 1. The van der Waals surface area contributed by atoms with Gasteiger partial charge in [0, 0.05) is 12.2 Å². The van der Waals surface area contributed by atoms with E-state index >= 15 is 0 Å². The van der Waals surface area contributed by atoms with Gasteiger partial charge in [-0.1, -0.05) is 0 Å². The molecule has 0 aromatic carbocycles. The molecule has 1 saturated carbocycles. The summed E-state index contributed by atoms with van der Waals surface area (Å²) in [5.74, 6) is 1.51. The van der Waals surface area contributed by atoms with E-state index in [2.05, 4.69) is 17.2 Å². The molecule has 0 radical (unpaired) electrons. The third-order valence-corrected chi connectivity index (χ3v) is 2.68. The molecule has 1 atom stereocenters. The Morgan fingerprint density at radius 2 is 2.36 bits per heavy atom. The average Bonchev–Trinajstić information content (AvgIpc) is 3.02. The molecule has 0 amide bonds. The molecule has 1 heterocycles. The summed E-state index contributed by atoms with van der Waals surface area (Å²) in [6.45, 7) is 2.21. The Kier molecular flexibility index (Phi) is 2.57. The van der Waals surface area contributed by atoms with Gasteiger partial charge < -0.3 is 10.1 Å². The van der Waals surface area contributed by atoms with Crippen molar-refractivity contribution in [3.63, 3.8) is 0 Å². The van der Waals surface area contributed by atoms with Crippen LogP contribution in [-0.4, -0.2) is 18.1 Å². The number of aromatic nitrogens is 1.